The van der Waals surface area contributed by atoms with E-state index >= 15 is 0 Å². The molecule has 1 fully saturated rings. The average molecular weight is 367 g/mol. The van der Waals surface area contributed by atoms with Crippen molar-refractivity contribution in [1.82, 2.24) is 5.43 Å². The summed E-state index contributed by atoms with van der Waals surface area (Å²) >= 11 is 0. The van der Waals surface area contributed by atoms with Gasteiger partial charge in [-0.05, 0) is 36.4 Å². The molecule has 3 rings (SSSR count). The molecule has 0 spiro atoms. The van der Waals surface area contributed by atoms with Crippen LogP contribution in [-0.4, -0.2) is 38.8 Å². The molecule has 1 aliphatic heterocycles. The summed E-state index contributed by atoms with van der Waals surface area (Å²) < 4.78 is 10.4. The number of hydrazone groups is 1. The van der Waals surface area contributed by atoms with Crippen molar-refractivity contribution >= 4 is 23.7 Å². The van der Waals surface area contributed by atoms with E-state index in [0.717, 1.165) is 11.3 Å². The van der Waals surface area contributed by atoms with Gasteiger partial charge < -0.3 is 14.4 Å². The number of amides is 2. The first-order valence-corrected chi connectivity index (χ1v) is 8.52. The lowest BCUT2D eigenvalue weighted by molar-refractivity contribution is -0.126. The van der Waals surface area contributed by atoms with E-state index in [4.69, 9.17) is 9.47 Å². The molecule has 0 aromatic heterocycles. The molecule has 7 nitrogen and oxygen atoms in total. The highest BCUT2D eigenvalue weighted by Gasteiger charge is 2.35. The molecule has 0 aliphatic carbocycles. The third-order valence-electron chi connectivity index (χ3n) is 4.40. The molecule has 0 saturated carbocycles. The molecule has 140 valence electrons. The van der Waals surface area contributed by atoms with Crippen molar-refractivity contribution in [3.05, 3.63) is 54.1 Å². The van der Waals surface area contributed by atoms with Crippen LogP contribution in [0.1, 0.15) is 12.0 Å². The van der Waals surface area contributed by atoms with Gasteiger partial charge in [0.25, 0.3) is 0 Å². The quantitative estimate of drug-likeness (QED) is 0.627. The number of methoxy groups -OCH3 is 2. The molecule has 7 heteroatoms. The second-order valence-corrected chi connectivity index (χ2v) is 6.08. The molecule has 1 heterocycles. The van der Waals surface area contributed by atoms with Gasteiger partial charge in [0.1, 0.15) is 11.5 Å². The van der Waals surface area contributed by atoms with Crippen LogP contribution in [0.2, 0.25) is 0 Å². The first-order chi connectivity index (χ1) is 13.1. The maximum absolute atomic E-state index is 12.4. The first-order valence-electron chi connectivity index (χ1n) is 8.52. The molecule has 2 aromatic carbocycles. The van der Waals surface area contributed by atoms with Crippen molar-refractivity contribution in [2.24, 2.45) is 11.0 Å². The highest BCUT2D eigenvalue weighted by Crippen LogP contribution is 2.26. The second-order valence-electron chi connectivity index (χ2n) is 6.08. The number of rotatable bonds is 6. The molecule has 0 bridgehead atoms. The van der Waals surface area contributed by atoms with Gasteiger partial charge >= 0.3 is 0 Å². The third kappa shape index (κ3) is 4.25. The Bertz CT molecular complexity index is 849. The van der Waals surface area contributed by atoms with E-state index in [1.165, 1.54) is 6.21 Å². The number of hydrogen-bond acceptors (Lipinski definition) is 5. The monoisotopic (exact) mass is 367 g/mol. The smallest absolute Gasteiger partial charge is 0.245 e. The van der Waals surface area contributed by atoms with Gasteiger partial charge in [-0.1, -0.05) is 12.1 Å². The summed E-state index contributed by atoms with van der Waals surface area (Å²) in [6.07, 6.45) is 1.68. The molecule has 1 saturated heterocycles. The Morgan fingerprint density at radius 1 is 1.15 bits per heavy atom. The van der Waals surface area contributed by atoms with Crippen LogP contribution in [0.25, 0.3) is 0 Å². The number of hydrogen-bond donors (Lipinski definition) is 1. The summed E-state index contributed by atoms with van der Waals surface area (Å²) in [5.74, 6) is 0.552. The highest BCUT2D eigenvalue weighted by molar-refractivity contribution is 6.00. The van der Waals surface area contributed by atoms with E-state index in [9.17, 15) is 9.59 Å². The van der Waals surface area contributed by atoms with E-state index < -0.39 is 5.92 Å². The summed E-state index contributed by atoms with van der Waals surface area (Å²) in [7, 11) is 3.16. The second kappa shape index (κ2) is 8.35. The zero-order chi connectivity index (χ0) is 19.2. The molecular formula is C20H21N3O4. The summed E-state index contributed by atoms with van der Waals surface area (Å²) in [5, 5.41) is 3.99. The fourth-order valence-corrected chi connectivity index (χ4v) is 2.92. The Hall–Kier alpha value is -3.35. The number of nitrogens with zero attached hydrogens (tertiary/aromatic N) is 2. The van der Waals surface area contributed by atoms with Crippen molar-refractivity contribution in [3.63, 3.8) is 0 Å². The molecular weight excluding hydrogens is 346 g/mol. The molecule has 2 aromatic rings. The van der Waals surface area contributed by atoms with Crippen LogP contribution in [0.5, 0.6) is 11.5 Å². The van der Waals surface area contributed by atoms with Crippen molar-refractivity contribution in [3.8, 4) is 11.5 Å². The van der Waals surface area contributed by atoms with Gasteiger partial charge in [0.05, 0.1) is 26.4 Å². The maximum atomic E-state index is 12.4. The maximum Gasteiger partial charge on any atom is 0.245 e. The molecule has 1 unspecified atom stereocenters. The van der Waals surface area contributed by atoms with Crippen LogP contribution >= 0.6 is 0 Å². The number of carbonyl (C=O) groups excluding carboxylic acids is 2. The van der Waals surface area contributed by atoms with Crippen LogP contribution in [0, 0.1) is 5.92 Å². The lowest BCUT2D eigenvalue weighted by atomic mass is 10.1. The Balaban J connectivity index is 1.61. The molecule has 2 amide bonds. The Labute approximate surface area is 157 Å². The minimum absolute atomic E-state index is 0.0889. The number of benzene rings is 2. The molecule has 1 aliphatic rings. The van der Waals surface area contributed by atoms with Gasteiger partial charge in [-0.25, -0.2) is 5.43 Å². The van der Waals surface area contributed by atoms with E-state index in [0.29, 0.717) is 18.0 Å². The standard InChI is InChI=1S/C20H21N3O4/c1-26-17-9-7-16(8-10-17)23-13-15(11-19(23)24)20(25)22-21-12-14-5-3-4-6-18(14)27-2/h3-10,12,15H,11,13H2,1-2H3,(H,22,25). The molecule has 27 heavy (non-hydrogen) atoms. The lowest BCUT2D eigenvalue weighted by Gasteiger charge is -2.16. The third-order valence-corrected chi connectivity index (χ3v) is 4.40. The first kappa shape index (κ1) is 18.4. The van der Waals surface area contributed by atoms with Crippen molar-refractivity contribution in [2.75, 3.05) is 25.7 Å². The van der Waals surface area contributed by atoms with E-state index in [-0.39, 0.29) is 18.2 Å². The highest BCUT2D eigenvalue weighted by atomic mass is 16.5. The minimum Gasteiger partial charge on any atom is -0.497 e. The van der Waals surface area contributed by atoms with E-state index in [1.54, 1.807) is 43.4 Å². The summed E-state index contributed by atoms with van der Waals surface area (Å²) in [6.45, 7) is 0.321. The number of anilines is 1. The van der Waals surface area contributed by atoms with Crippen LogP contribution in [-0.2, 0) is 9.59 Å². The average Bonchev–Trinajstić information content (AvgIpc) is 3.10. The van der Waals surface area contributed by atoms with E-state index in [2.05, 4.69) is 10.5 Å². The Morgan fingerprint density at radius 3 is 2.59 bits per heavy atom. The van der Waals surface area contributed by atoms with Crippen molar-refractivity contribution < 1.29 is 19.1 Å². The van der Waals surface area contributed by atoms with Gasteiger partial charge in [0, 0.05) is 24.2 Å². The van der Waals surface area contributed by atoms with Gasteiger partial charge in [0.15, 0.2) is 0 Å². The fraction of sp³-hybridized carbons (Fsp3) is 0.250. The van der Waals surface area contributed by atoms with Crippen molar-refractivity contribution in [2.45, 2.75) is 6.42 Å². The minimum atomic E-state index is -0.450. The van der Waals surface area contributed by atoms with E-state index in [1.807, 2.05) is 24.3 Å². The van der Waals surface area contributed by atoms with Crippen LogP contribution in [0.3, 0.4) is 0 Å². The van der Waals surface area contributed by atoms with Gasteiger partial charge in [0.2, 0.25) is 11.8 Å². The molecule has 1 atom stereocenters. The number of ether oxygens (including phenoxy) is 2. The van der Waals surface area contributed by atoms with Crippen LogP contribution in [0.15, 0.2) is 53.6 Å². The predicted molar refractivity (Wildman–Crippen MR) is 102 cm³/mol. The number of para-hydroxylation sites is 1. The summed E-state index contributed by atoms with van der Waals surface area (Å²) in [4.78, 5) is 26.2. The zero-order valence-electron chi connectivity index (χ0n) is 15.2. The van der Waals surface area contributed by atoms with Gasteiger partial charge in [-0.3, -0.25) is 9.59 Å². The van der Waals surface area contributed by atoms with Crippen LogP contribution < -0.4 is 19.8 Å². The normalized spacial score (nSPS) is 16.6. The van der Waals surface area contributed by atoms with Crippen molar-refractivity contribution in [1.29, 1.82) is 0 Å². The van der Waals surface area contributed by atoms with Gasteiger partial charge in [-0.15, -0.1) is 0 Å². The topological polar surface area (TPSA) is 80.2 Å². The fourth-order valence-electron chi connectivity index (χ4n) is 2.92. The predicted octanol–water partition coefficient (Wildman–Crippen LogP) is 2.21. The SMILES string of the molecule is COc1ccc(N2CC(C(=O)NN=Cc3ccccc3OC)CC2=O)cc1. The summed E-state index contributed by atoms with van der Waals surface area (Å²) in [6, 6.07) is 14.5. The molecule has 0 radical (unpaired) electrons. The molecule has 1 N–H and O–H groups in total. The largest absolute Gasteiger partial charge is 0.497 e. The Morgan fingerprint density at radius 2 is 1.89 bits per heavy atom. The van der Waals surface area contributed by atoms with Crippen LogP contribution in [0.4, 0.5) is 5.69 Å². The van der Waals surface area contributed by atoms with Gasteiger partial charge in [-0.2, -0.15) is 5.10 Å². The summed E-state index contributed by atoms with van der Waals surface area (Å²) in [5.41, 5.74) is 4.01. The Kier molecular flexibility index (Phi) is 5.71. The zero-order valence-corrected chi connectivity index (χ0v) is 15.2. The number of carbonyl (C=O) groups is 2. The number of nitrogens with one attached hydrogen (secondary N) is 1. The lowest BCUT2D eigenvalue weighted by Crippen LogP contribution is -2.30.